The second-order valence-electron chi connectivity index (χ2n) is 1.38. The van der Waals surface area contributed by atoms with Gasteiger partial charge in [-0.25, -0.2) is 17.6 Å². The molecule has 0 nitrogen and oxygen atoms in total. The molecule has 1 radical (unpaired) electrons. The summed E-state index contributed by atoms with van der Waals surface area (Å²) in [7, 11) is 0. The van der Waals surface area contributed by atoms with Gasteiger partial charge < -0.3 is 0 Å². The van der Waals surface area contributed by atoms with Gasteiger partial charge >= 0.3 is 0 Å². The zero-order valence-electron chi connectivity index (χ0n) is 4.00. The number of alkyl halides is 4. The maximum Gasteiger partial charge on any atom is 0.281 e. The van der Waals surface area contributed by atoms with Crippen molar-refractivity contribution in [2.45, 2.75) is 12.1 Å². The third-order valence-electron chi connectivity index (χ3n) is 0.594. The SMILES string of the molecule is [CH2]C(F)(F)C(F)CF. The third kappa shape index (κ3) is 2.14. The van der Waals surface area contributed by atoms with Gasteiger partial charge in [-0.05, 0) is 0 Å². The Balaban J connectivity index is 3.62. The van der Waals surface area contributed by atoms with E-state index in [4.69, 9.17) is 0 Å². The molecule has 0 aliphatic rings. The maximum atomic E-state index is 11.5. The predicted molar refractivity (Wildman–Crippen MR) is 21.2 cm³/mol. The van der Waals surface area contributed by atoms with Crippen molar-refractivity contribution in [3.63, 3.8) is 0 Å². The van der Waals surface area contributed by atoms with E-state index in [1.807, 2.05) is 0 Å². The second kappa shape index (κ2) is 2.33. The lowest BCUT2D eigenvalue weighted by Crippen LogP contribution is -2.27. The van der Waals surface area contributed by atoms with Crippen molar-refractivity contribution in [2.24, 2.45) is 0 Å². The summed E-state index contributed by atoms with van der Waals surface area (Å²) in [4.78, 5) is 0. The fraction of sp³-hybridized carbons (Fsp3) is 0.750. The first-order valence-corrected chi connectivity index (χ1v) is 1.91. The minimum Gasteiger partial charge on any atom is -0.248 e. The van der Waals surface area contributed by atoms with Gasteiger partial charge in [-0.3, -0.25) is 0 Å². The van der Waals surface area contributed by atoms with E-state index in [1.165, 1.54) is 0 Å². The van der Waals surface area contributed by atoms with Crippen LogP contribution in [0.4, 0.5) is 17.6 Å². The molecule has 0 heterocycles. The van der Waals surface area contributed by atoms with Crippen LogP contribution in [0, 0.1) is 6.92 Å². The highest BCUT2D eigenvalue weighted by molar-refractivity contribution is 4.77. The topological polar surface area (TPSA) is 0 Å². The fourth-order valence-electron chi connectivity index (χ4n) is 0.113. The molecule has 0 aliphatic heterocycles. The Hall–Kier alpha value is -0.280. The standard InChI is InChI=1S/C4H5F4/c1-4(7,8)3(6)2-5/h3H,1-2H2. The van der Waals surface area contributed by atoms with E-state index in [9.17, 15) is 17.6 Å². The van der Waals surface area contributed by atoms with Crippen molar-refractivity contribution in [3.8, 4) is 0 Å². The number of hydrogen-bond donors (Lipinski definition) is 0. The van der Waals surface area contributed by atoms with Crippen LogP contribution < -0.4 is 0 Å². The lowest BCUT2D eigenvalue weighted by Gasteiger charge is -2.10. The molecule has 0 fully saturated rings. The molecule has 4 heteroatoms. The minimum atomic E-state index is -3.78. The highest BCUT2D eigenvalue weighted by atomic mass is 19.3. The van der Waals surface area contributed by atoms with Gasteiger partial charge in [0.25, 0.3) is 5.92 Å². The monoisotopic (exact) mass is 129 g/mol. The third-order valence-corrected chi connectivity index (χ3v) is 0.594. The molecule has 0 aromatic rings. The van der Waals surface area contributed by atoms with Crippen molar-refractivity contribution in [1.82, 2.24) is 0 Å². The van der Waals surface area contributed by atoms with E-state index in [2.05, 4.69) is 6.92 Å². The first-order chi connectivity index (χ1) is 3.48. The molecular formula is C4H5F4. The smallest absolute Gasteiger partial charge is 0.248 e. The molecule has 1 unspecified atom stereocenters. The highest BCUT2D eigenvalue weighted by Crippen LogP contribution is 2.19. The molecule has 8 heavy (non-hydrogen) atoms. The van der Waals surface area contributed by atoms with Crippen molar-refractivity contribution in [1.29, 1.82) is 0 Å². The van der Waals surface area contributed by atoms with Crippen molar-refractivity contribution < 1.29 is 17.6 Å². The minimum absolute atomic E-state index is 1.68. The van der Waals surface area contributed by atoms with Crippen molar-refractivity contribution in [3.05, 3.63) is 6.92 Å². The maximum absolute atomic E-state index is 11.5. The average Bonchev–Trinajstić information content (AvgIpc) is 1.62. The van der Waals surface area contributed by atoms with Crippen LogP contribution in [0.5, 0.6) is 0 Å². The molecule has 0 saturated heterocycles. The number of halogens is 4. The highest BCUT2D eigenvalue weighted by Gasteiger charge is 2.34. The van der Waals surface area contributed by atoms with Crippen LogP contribution >= 0.6 is 0 Å². The van der Waals surface area contributed by atoms with Crippen LogP contribution in [0.15, 0.2) is 0 Å². The van der Waals surface area contributed by atoms with E-state index in [1.54, 1.807) is 0 Å². The van der Waals surface area contributed by atoms with E-state index < -0.39 is 18.8 Å². The first kappa shape index (κ1) is 7.72. The number of rotatable bonds is 2. The summed E-state index contributed by atoms with van der Waals surface area (Å²) in [6.07, 6.45) is -2.76. The normalized spacial score (nSPS) is 16.1. The molecule has 0 N–H and O–H groups in total. The van der Waals surface area contributed by atoms with Gasteiger partial charge in [-0.2, -0.15) is 0 Å². The summed E-state index contributed by atoms with van der Waals surface area (Å²) in [5.41, 5.74) is 0. The molecule has 0 aromatic heterocycles. The molecule has 0 bridgehead atoms. The van der Waals surface area contributed by atoms with Gasteiger partial charge in [0.2, 0.25) is 0 Å². The fourth-order valence-corrected chi connectivity index (χ4v) is 0.113. The van der Waals surface area contributed by atoms with Crippen molar-refractivity contribution in [2.75, 3.05) is 6.67 Å². The molecule has 0 aromatic carbocycles. The molecular weight excluding hydrogens is 124 g/mol. The van der Waals surface area contributed by atoms with Crippen LogP contribution in [-0.4, -0.2) is 18.8 Å². The van der Waals surface area contributed by atoms with Crippen LogP contribution in [0.25, 0.3) is 0 Å². The van der Waals surface area contributed by atoms with Crippen molar-refractivity contribution >= 4 is 0 Å². The van der Waals surface area contributed by atoms with Gasteiger partial charge in [0.15, 0.2) is 6.17 Å². The van der Waals surface area contributed by atoms with E-state index >= 15 is 0 Å². The van der Waals surface area contributed by atoms with Crippen LogP contribution in [0.2, 0.25) is 0 Å². The van der Waals surface area contributed by atoms with E-state index in [-0.39, 0.29) is 0 Å². The summed E-state index contributed by atoms with van der Waals surface area (Å²) in [6.45, 7) is 0.409. The van der Waals surface area contributed by atoms with Crippen LogP contribution in [0.1, 0.15) is 0 Å². The molecule has 0 aliphatic carbocycles. The van der Waals surface area contributed by atoms with Gasteiger partial charge in [0, 0.05) is 6.92 Å². The Kier molecular flexibility index (Phi) is 2.25. The summed E-state index contributed by atoms with van der Waals surface area (Å²) < 4.78 is 45.2. The van der Waals surface area contributed by atoms with E-state index in [0.29, 0.717) is 0 Å². The summed E-state index contributed by atoms with van der Waals surface area (Å²) in [5, 5.41) is 0. The summed E-state index contributed by atoms with van der Waals surface area (Å²) in [5.74, 6) is -3.78. The molecule has 1 atom stereocenters. The molecule has 0 spiro atoms. The first-order valence-electron chi connectivity index (χ1n) is 1.91. The number of hydrogen-bond acceptors (Lipinski definition) is 0. The molecule has 49 valence electrons. The largest absolute Gasteiger partial charge is 0.281 e. The lowest BCUT2D eigenvalue weighted by atomic mass is 10.3. The Morgan fingerprint density at radius 1 is 1.50 bits per heavy atom. The Bertz CT molecular complexity index is 64.9. The van der Waals surface area contributed by atoms with Crippen LogP contribution in [0.3, 0.4) is 0 Å². The summed E-state index contributed by atoms with van der Waals surface area (Å²) in [6, 6.07) is 0. The lowest BCUT2D eigenvalue weighted by molar-refractivity contribution is -0.0389. The van der Waals surface area contributed by atoms with Crippen LogP contribution in [-0.2, 0) is 0 Å². The Morgan fingerprint density at radius 2 is 1.88 bits per heavy atom. The summed E-state index contributed by atoms with van der Waals surface area (Å²) >= 11 is 0. The zero-order chi connectivity index (χ0) is 6.78. The Labute approximate surface area is 44.5 Å². The van der Waals surface area contributed by atoms with Gasteiger partial charge in [0.1, 0.15) is 6.67 Å². The zero-order valence-corrected chi connectivity index (χ0v) is 4.00. The Morgan fingerprint density at radius 3 is 1.88 bits per heavy atom. The quantitative estimate of drug-likeness (QED) is 0.498. The van der Waals surface area contributed by atoms with Gasteiger partial charge in [-0.1, -0.05) is 0 Å². The average molecular weight is 129 g/mol. The van der Waals surface area contributed by atoms with Gasteiger partial charge in [0.05, 0.1) is 0 Å². The van der Waals surface area contributed by atoms with Gasteiger partial charge in [-0.15, -0.1) is 0 Å². The second-order valence-corrected chi connectivity index (χ2v) is 1.38. The molecule has 0 amide bonds. The predicted octanol–water partition coefficient (Wildman–Crippen LogP) is 1.76. The molecule has 0 saturated carbocycles. The molecule has 0 rings (SSSR count). The van der Waals surface area contributed by atoms with E-state index in [0.717, 1.165) is 0 Å².